The highest BCUT2D eigenvalue weighted by molar-refractivity contribution is 6.11. The molecule has 0 aliphatic heterocycles. The third-order valence-corrected chi connectivity index (χ3v) is 4.76. The second-order valence-corrected chi connectivity index (χ2v) is 6.70. The van der Waals surface area contributed by atoms with Crippen LogP contribution < -0.4 is 11.5 Å². The maximum atomic E-state index is 12.1. The number of phenols is 1. The summed E-state index contributed by atoms with van der Waals surface area (Å²) in [5.74, 6) is -0.0469. The Hall–Kier alpha value is -3.88. The molecule has 1 amide bonds. The number of H-pyrrole nitrogens is 1. The number of aromatic nitrogens is 5. The van der Waals surface area contributed by atoms with Crippen molar-refractivity contribution in [3.8, 4) is 23.0 Å². The number of nitrogens with zero attached hydrogens (tertiary/aromatic N) is 4. The van der Waals surface area contributed by atoms with Gasteiger partial charge in [0.2, 0.25) is 0 Å². The molecule has 4 aromatic rings. The molecule has 0 spiro atoms. The zero-order chi connectivity index (χ0) is 20.2. The maximum Gasteiger partial charge on any atom is 0.253 e. The van der Waals surface area contributed by atoms with E-state index in [1.807, 2.05) is 19.9 Å². The van der Waals surface area contributed by atoms with E-state index in [-0.39, 0.29) is 17.1 Å². The van der Waals surface area contributed by atoms with Crippen molar-refractivity contribution in [3.63, 3.8) is 0 Å². The Morgan fingerprint density at radius 3 is 2.64 bits per heavy atom. The number of phenolic OH excluding ortho intramolecular Hbond substituents is 1. The van der Waals surface area contributed by atoms with Crippen LogP contribution in [-0.2, 0) is 0 Å². The van der Waals surface area contributed by atoms with Crippen molar-refractivity contribution < 1.29 is 9.90 Å². The first-order valence-electron chi connectivity index (χ1n) is 8.58. The quantitative estimate of drug-likeness (QED) is 0.430. The van der Waals surface area contributed by atoms with Crippen molar-refractivity contribution in [2.24, 2.45) is 5.73 Å². The molecule has 4 rings (SSSR count). The summed E-state index contributed by atoms with van der Waals surface area (Å²) < 4.78 is 1.63. The van der Waals surface area contributed by atoms with Crippen LogP contribution in [0.2, 0.25) is 0 Å². The molecule has 0 aliphatic rings. The lowest BCUT2D eigenvalue weighted by atomic mass is 10.1. The third kappa shape index (κ3) is 2.48. The lowest BCUT2D eigenvalue weighted by molar-refractivity contribution is 0.100. The van der Waals surface area contributed by atoms with E-state index in [4.69, 9.17) is 11.5 Å². The van der Waals surface area contributed by atoms with Gasteiger partial charge in [0.15, 0.2) is 11.5 Å². The summed E-state index contributed by atoms with van der Waals surface area (Å²) in [6.45, 7) is 5.53. The number of aromatic amines is 1. The monoisotopic (exact) mass is 377 g/mol. The lowest BCUT2D eigenvalue weighted by Gasteiger charge is -2.15. The van der Waals surface area contributed by atoms with Gasteiger partial charge < -0.3 is 16.6 Å². The van der Waals surface area contributed by atoms with E-state index >= 15 is 0 Å². The van der Waals surface area contributed by atoms with Crippen molar-refractivity contribution in [2.75, 3.05) is 5.73 Å². The molecular formula is C19H19N7O2. The Balaban J connectivity index is 2.12. The summed E-state index contributed by atoms with van der Waals surface area (Å²) in [4.78, 5) is 21.0. The minimum Gasteiger partial charge on any atom is -0.508 e. The predicted molar refractivity (Wildman–Crippen MR) is 105 cm³/mol. The second-order valence-electron chi connectivity index (χ2n) is 6.70. The number of anilines is 1. The smallest absolute Gasteiger partial charge is 0.253 e. The molecule has 1 aromatic carbocycles. The molecule has 28 heavy (non-hydrogen) atoms. The van der Waals surface area contributed by atoms with Gasteiger partial charge in [-0.3, -0.25) is 14.5 Å². The average Bonchev–Trinajstić information content (AvgIpc) is 3.20. The van der Waals surface area contributed by atoms with E-state index in [0.29, 0.717) is 33.8 Å². The molecule has 0 fully saturated rings. The summed E-state index contributed by atoms with van der Waals surface area (Å²) >= 11 is 0. The van der Waals surface area contributed by atoms with Gasteiger partial charge in [-0.25, -0.2) is 9.97 Å². The number of primary amides is 1. The number of carbonyl (C=O) groups excluding carboxylic acids is 1. The highest BCUT2D eigenvalue weighted by Crippen LogP contribution is 2.35. The number of nitrogens with two attached hydrogens (primary N) is 2. The highest BCUT2D eigenvalue weighted by atomic mass is 16.3. The number of hydrogen-bond acceptors (Lipinski definition) is 6. The number of benzene rings is 1. The fourth-order valence-corrected chi connectivity index (χ4v) is 3.39. The molecule has 3 aromatic heterocycles. The molecule has 0 atom stereocenters. The molecule has 0 saturated heterocycles. The topological polar surface area (TPSA) is 149 Å². The number of rotatable bonds is 3. The lowest BCUT2D eigenvalue weighted by Crippen LogP contribution is -2.14. The summed E-state index contributed by atoms with van der Waals surface area (Å²) in [6.07, 6.45) is 1.52. The molecule has 0 unspecified atom stereocenters. The van der Waals surface area contributed by atoms with Crippen LogP contribution in [0.15, 0.2) is 24.4 Å². The zero-order valence-corrected chi connectivity index (χ0v) is 15.6. The fourth-order valence-electron chi connectivity index (χ4n) is 3.39. The molecule has 9 heteroatoms. The molecule has 6 N–H and O–H groups in total. The molecule has 0 radical (unpaired) electrons. The van der Waals surface area contributed by atoms with E-state index in [2.05, 4.69) is 20.2 Å². The molecule has 9 nitrogen and oxygen atoms in total. The van der Waals surface area contributed by atoms with Gasteiger partial charge in [0, 0.05) is 17.5 Å². The Kier molecular flexibility index (Phi) is 3.81. The van der Waals surface area contributed by atoms with Gasteiger partial charge in [-0.1, -0.05) is 6.07 Å². The molecule has 3 heterocycles. The van der Waals surface area contributed by atoms with Gasteiger partial charge >= 0.3 is 0 Å². The van der Waals surface area contributed by atoms with Crippen LogP contribution in [0.4, 0.5) is 5.82 Å². The number of fused-ring (bicyclic) bond motifs is 1. The number of carbonyl (C=O) groups is 1. The standard InChI is InChI=1S/C19H19N7O2/c1-8-4-5-13(27)10(3)15(8)26-16(20)14(17(21)28)11-7-22-18(23-19(11)26)12-6-9(2)24-25-12/h4-7,27H,20H2,1-3H3,(H2,21,28)(H,24,25). The zero-order valence-electron chi connectivity index (χ0n) is 15.6. The van der Waals surface area contributed by atoms with Crippen LogP contribution >= 0.6 is 0 Å². The van der Waals surface area contributed by atoms with Gasteiger partial charge in [-0.15, -0.1) is 0 Å². The summed E-state index contributed by atoms with van der Waals surface area (Å²) in [5.41, 5.74) is 16.0. The minimum absolute atomic E-state index is 0.111. The highest BCUT2D eigenvalue weighted by Gasteiger charge is 2.24. The number of amides is 1. The predicted octanol–water partition coefficient (Wildman–Crippen LogP) is 2.12. The number of aryl methyl sites for hydroxylation is 2. The maximum absolute atomic E-state index is 12.1. The van der Waals surface area contributed by atoms with Crippen LogP contribution in [0.25, 0.3) is 28.2 Å². The number of nitrogens with one attached hydrogen (secondary N) is 1. The Morgan fingerprint density at radius 1 is 1.25 bits per heavy atom. The first-order chi connectivity index (χ1) is 13.3. The summed E-state index contributed by atoms with van der Waals surface area (Å²) in [5, 5.41) is 17.7. The van der Waals surface area contributed by atoms with Crippen LogP contribution in [-0.4, -0.2) is 35.7 Å². The molecular weight excluding hydrogens is 358 g/mol. The molecule has 0 bridgehead atoms. The number of hydrogen-bond donors (Lipinski definition) is 4. The Morgan fingerprint density at radius 2 is 2.00 bits per heavy atom. The first kappa shape index (κ1) is 17.5. The third-order valence-electron chi connectivity index (χ3n) is 4.76. The van der Waals surface area contributed by atoms with Crippen LogP contribution in [0.3, 0.4) is 0 Å². The minimum atomic E-state index is -0.677. The normalized spacial score (nSPS) is 11.2. The van der Waals surface area contributed by atoms with Crippen LogP contribution in [0.5, 0.6) is 5.75 Å². The first-order valence-corrected chi connectivity index (χ1v) is 8.58. The van der Waals surface area contributed by atoms with E-state index in [0.717, 1.165) is 11.3 Å². The Labute approximate surface area is 160 Å². The SMILES string of the molecule is Cc1cc(-c2ncc3c(C(N)=O)c(N)n(-c4c(C)ccc(O)c4C)c3n2)n[nH]1. The van der Waals surface area contributed by atoms with E-state index in [1.54, 1.807) is 23.6 Å². The summed E-state index contributed by atoms with van der Waals surface area (Å²) in [6, 6.07) is 5.20. The van der Waals surface area contributed by atoms with Crippen molar-refractivity contribution in [1.82, 2.24) is 24.7 Å². The van der Waals surface area contributed by atoms with Gasteiger partial charge in [0.05, 0.1) is 16.6 Å². The van der Waals surface area contributed by atoms with Gasteiger partial charge in [-0.05, 0) is 38.5 Å². The van der Waals surface area contributed by atoms with E-state index < -0.39 is 5.91 Å². The molecule has 0 aliphatic carbocycles. The number of nitrogen functional groups attached to an aromatic ring is 1. The van der Waals surface area contributed by atoms with E-state index in [1.165, 1.54) is 6.20 Å². The molecule has 0 saturated carbocycles. The van der Waals surface area contributed by atoms with Crippen LogP contribution in [0, 0.1) is 20.8 Å². The van der Waals surface area contributed by atoms with Crippen molar-refractivity contribution in [1.29, 1.82) is 0 Å². The number of aromatic hydroxyl groups is 1. The Bertz CT molecular complexity index is 1250. The van der Waals surface area contributed by atoms with E-state index in [9.17, 15) is 9.90 Å². The average molecular weight is 377 g/mol. The van der Waals surface area contributed by atoms with Crippen LogP contribution in [0.1, 0.15) is 27.2 Å². The summed E-state index contributed by atoms with van der Waals surface area (Å²) in [7, 11) is 0. The van der Waals surface area contributed by atoms with Gasteiger partial charge in [0.25, 0.3) is 5.91 Å². The largest absolute Gasteiger partial charge is 0.508 e. The molecule has 142 valence electrons. The fraction of sp³-hybridized carbons (Fsp3) is 0.158. The second kappa shape index (κ2) is 6.08. The van der Waals surface area contributed by atoms with Gasteiger partial charge in [-0.2, -0.15) is 5.10 Å². The van der Waals surface area contributed by atoms with Crippen molar-refractivity contribution in [2.45, 2.75) is 20.8 Å². The van der Waals surface area contributed by atoms with Crippen molar-refractivity contribution in [3.05, 3.63) is 46.8 Å². The van der Waals surface area contributed by atoms with Gasteiger partial charge in [0.1, 0.15) is 17.3 Å². The van der Waals surface area contributed by atoms with Crippen molar-refractivity contribution >= 4 is 22.8 Å².